The van der Waals surface area contributed by atoms with Crippen LogP contribution in [0.1, 0.15) is 15.9 Å². The number of carboxylic acid groups (broad SMARTS) is 2. The number of thioether (sulfide) groups is 1. The molecule has 0 aliphatic rings. The first-order valence-corrected chi connectivity index (χ1v) is 8.21. The molecule has 0 fully saturated rings. The number of benzene rings is 2. The van der Waals surface area contributed by atoms with Crippen LogP contribution in [0.3, 0.4) is 0 Å². The summed E-state index contributed by atoms with van der Waals surface area (Å²) < 4.78 is 0. The summed E-state index contributed by atoms with van der Waals surface area (Å²) >= 11 is 0.691. The van der Waals surface area contributed by atoms with Gasteiger partial charge in [-0.25, -0.2) is 14.6 Å². The standard InChI is InChI=1S/C18H12N2O5S/c21-15(22)9-14(17(24)25)26-18-19-12-7-6-11(8-13(12)20-18)16(23)10-4-2-1-3-5-10/h1-9H,(H,19,20)(H,21,22)(H,24,25). The van der Waals surface area contributed by atoms with E-state index < -0.39 is 11.9 Å². The number of nitrogens with zero attached hydrogens (tertiary/aromatic N) is 1. The van der Waals surface area contributed by atoms with Gasteiger partial charge in [-0.05, 0) is 30.0 Å². The summed E-state index contributed by atoms with van der Waals surface area (Å²) in [6.07, 6.45) is 0.602. The zero-order valence-corrected chi connectivity index (χ0v) is 14.0. The van der Waals surface area contributed by atoms with E-state index in [2.05, 4.69) is 9.97 Å². The number of imidazole rings is 1. The molecule has 0 saturated carbocycles. The number of ketones is 1. The van der Waals surface area contributed by atoms with Crippen LogP contribution in [-0.2, 0) is 9.59 Å². The van der Waals surface area contributed by atoms with Crippen molar-refractivity contribution in [2.45, 2.75) is 5.16 Å². The van der Waals surface area contributed by atoms with Gasteiger partial charge in [-0.2, -0.15) is 0 Å². The van der Waals surface area contributed by atoms with Crippen LogP contribution in [0.4, 0.5) is 0 Å². The molecule has 3 N–H and O–H groups in total. The van der Waals surface area contributed by atoms with Crippen LogP contribution in [0.25, 0.3) is 11.0 Å². The second-order valence-electron chi connectivity index (χ2n) is 5.22. The van der Waals surface area contributed by atoms with Crippen molar-refractivity contribution in [2.24, 2.45) is 0 Å². The Morgan fingerprint density at radius 3 is 2.38 bits per heavy atom. The van der Waals surface area contributed by atoms with Gasteiger partial charge in [0.15, 0.2) is 10.9 Å². The van der Waals surface area contributed by atoms with Crippen molar-refractivity contribution in [2.75, 3.05) is 0 Å². The van der Waals surface area contributed by atoms with Gasteiger partial charge in [-0.3, -0.25) is 4.79 Å². The molecule has 8 heteroatoms. The van der Waals surface area contributed by atoms with Crippen LogP contribution in [0.15, 0.2) is 64.7 Å². The van der Waals surface area contributed by atoms with Gasteiger partial charge in [0.2, 0.25) is 0 Å². The molecular formula is C18H12N2O5S. The number of aromatic amines is 1. The molecule has 0 atom stereocenters. The van der Waals surface area contributed by atoms with E-state index in [1.165, 1.54) is 0 Å². The highest BCUT2D eigenvalue weighted by Gasteiger charge is 2.15. The fourth-order valence-electron chi connectivity index (χ4n) is 2.28. The first-order chi connectivity index (χ1) is 12.4. The number of carboxylic acids is 2. The van der Waals surface area contributed by atoms with E-state index in [9.17, 15) is 14.4 Å². The van der Waals surface area contributed by atoms with Gasteiger partial charge in [-0.15, -0.1) is 0 Å². The Morgan fingerprint density at radius 2 is 1.73 bits per heavy atom. The maximum absolute atomic E-state index is 12.5. The summed E-state index contributed by atoms with van der Waals surface area (Å²) in [7, 11) is 0. The van der Waals surface area contributed by atoms with E-state index in [1.807, 2.05) is 6.07 Å². The lowest BCUT2D eigenvalue weighted by atomic mass is 10.0. The number of H-pyrrole nitrogens is 1. The smallest absolute Gasteiger partial charge is 0.342 e. The van der Waals surface area contributed by atoms with Crippen LogP contribution in [0.5, 0.6) is 0 Å². The summed E-state index contributed by atoms with van der Waals surface area (Å²) in [5, 5.41) is 18.0. The highest BCUT2D eigenvalue weighted by atomic mass is 32.2. The number of rotatable bonds is 6. The van der Waals surface area contributed by atoms with Crippen molar-refractivity contribution < 1.29 is 24.6 Å². The predicted molar refractivity (Wildman–Crippen MR) is 95.2 cm³/mol. The number of carbonyl (C=O) groups is 3. The van der Waals surface area contributed by atoms with E-state index in [4.69, 9.17) is 10.2 Å². The second-order valence-corrected chi connectivity index (χ2v) is 6.25. The lowest BCUT2D eigenvalue weighted by Gasteiger charge is -2.00. The summed E-state index contributed by atoms with van der Waals surface area (Å²) in [5.74, 6) is -2.87. The van der Waals surface area contributed by atoms with Crippen molar-refractivity contribution in [3.63, 3.8) is 0 Å². The van der Waals surface area contributed by atoms with E-state index in [-0.39, 0.29) is 15.8 Å². The minimum absolute atomic E-state index is 0.145. The first-order valence-electron chi connectivity index (χ1n) is 7.39. The van der Waals surface area contributed by atoms with Crippen LogP contribution in [0, 0.1) is 0 Å². The zero-order valence-electron chi connectivity index (χ0n) is 13.2. The zero-order chi connectivity index (χ0) is 18.7. The minimum Gasteiger partial charge on any atom is -0.478 e. The topological polar surface area (TPSA) is 120 Å². The molecule has 26 heavy (non-hydrogen) atoms. The summed E-state index contributed by atoms with van der Waals surface area (Å²) in [5.41, 5.74) is 2.11. The number of carbonyl (C=O) groups excluding carboxylic acids is 1. The van der Waals surface area contributed by atoms with Gasteiger partial charge < -0.3 is 15.2 Å². The molecule has 0 spiro atoms. The van der Waals surface area contributed by atoms with Gasteiger partial charge >= 0.3 is 11.9 Å². The number of aliphatic carboxylic acids is 2. The van der Waals surface area contributed by atoms with Crippen molar-refractivity contribution in [3.05, 3.63) is 70.6 Å². The van der Waals surface area contributed by atoms with Crippen LogP contribution in [0.2, 0.25) is 0 Å². The van der Waals surface area contributed by atoms with Gasteiger partial charge in [0.05, 0.1) is 11.0 Å². The molecule has 0 unspecified atom stereocenters. The molecule has 1 heterocycles. The first kappa shape index (κ1) is 17.4. The normalized spacial score (nSPS) is 11.5. The maximum Gasteiger partial charge on any atom is 0.342 e. The molecule has 3 aromatic rings. The molecule has 3 rings (SSSR count). The molecule has 2 aromatic carbocycles. The third-order valence-corrected chi connectivity index (χ3v) is 4.33. The summed E-state index contributed by atoms with van der Waals surface area (Å²) in [4.78, 5) is 41.1. The Hall–Kier alpha value is -3.39. The van der Waals surface area contributed by atoms with E-state index >= 15 is 0 Å². The number of hydrogen-bond donors (Lipinski definition) is 3. The average Bonchev–Trinajstić information content (AvgIpc) is 3.02. The number of aromatic nitrogens is 2. The van der Waals surface area contributed by atoms with Crippen LogP contribution < -0.4 is 0 Å². The Labute approximate surface area is 151 Å². The number of hydrogen-bond acceptors (Lipinski definition) is 5. The average molecular weight is 368 g/mol. The Balaban J connectivity index is 1.91. The van der Waals surface area contributed by atoms with Crippen LogP contribution >= 0.6 is 11.8 Å². The van der Waals surface area contributed by atoms with E-state index in [1.54, 1.807) is 42.5 Å². The lowest BCUT2D eigenvalue weighted by molar-refractivity contribution is -0.134. The molecule has 0 radical (unpaired) electrons. The van der Waals surface area contributed by atoms with Gasteiger partial charge in [0, 0.05) is 17.2 Å². The number of nitrogens with one attached hydrogen (secondary N) is 1. The van der Waals surface area contributed by atoms with Gasteiger partial charge in [0.25, 0.3) is 0 Å². The lowest BCUT2D eigenvalue weighted by Crippen LogP contribution is -2.01. The Morgan fingerprint density at radius 1 is 1.00 bits per heavy atom. The fraction of sp³-hybridized carbons (Fsp3) is 0. The molecule has 0 bridgehead atoms. The van der Waals surface area contributed by atoms with Crippen molar-refractivity contribution in [1.29, 1.82) is 0 Å². The molecule has 130 valence electrons. The number of fused-ring (bicyclic) bond motifs is 1. The molecular weight excluding hydrogens is 356 g/mol. The predicted octanol–water partition coefficient (Wildman–Crippen LogP) is 2.94. The Kier molecular flexibility index (Phi) is 4.85. The SMILES string of the molecule is O=C(O)C=C(Sc1nc2ccc(C(=O)c3ccccc3)cc2[nH]1)C(=O)O. The molecule has 0 aliphatic carbocycles. The molecule has 0 saturated heterocycles. The fourth-order valence-corrected chi connectivity index (χ4v) is 3.04. The monoisotopic (exact) mass is 368 g/mol. The Bertz CT molecular complexity index is 1040. The highest BCUT2D eigenvalue weighted by molar-refractivity contribution is 8.03. The largest absolute Gasteiger partial charge is 0.478 e. The van der Waals surface area contributed by atoms with Crippen molar-refractivity contribution >= 4 is 40.5 Å². The van der Waals surface area contributed by atoms with Crippen molar-refractivity contribution in [3.8, 4) is 0 Å². The van der Waals surface area contributed by atoms with E-state index in [0.717, 1.165) is 0 Å². The molecule has 7 nitrogen and oxygen atoms in total. The van der Waals surface area contributed by atoms with Gasteiger partial charge in [-0.1, -0.05) is 30.3 Å². The van der Waals surface area contributed by atoms with Crippen molar-refractivity contribution in [1.82, 2.24) is 9.97 Å². The third-order valence-electron chi connectivity index (χ3n) is 3.43. The second kappa shape index (κ2) is 7.24. The van der Waals surface area contributed by atoms with Crippen LogP contribution in [-0.4, -0.2) is 37.9 Å². The third kappa shape index (κ3) is 3.81. The summed E-state index contributed by atoms with van der Waals surface area (Å²) in [6.45, 7) is 0. The highest BCUT2D eigenvalue weighted by Crippen LogP contribution is 2.27. The summed E-state index contributed by atoms with van der Waals surface area (Å²) in [6, 6.07) is 13.7. The molecule has 1 aromatic heterocycles. The van der Waals surface area contributed by atoms with E-state index in [0.29, 0.717) is 40.0 Å². The molecule has 0 aliphatic heterocycles. The van der Waals surface area contributed by atoms with Gasteiger partial charge in [0.1, 0.15) is 4.91 Å². The minimum atomic E-state index is -1.36. The quantitative estimate of drug-likeness (QED) is 0.347. The maximum atomic E-state index is 12.5. The molecule has 0 amide bonds.